The van der Waals surface area contributed by atoms with Crippen molar-refractivity contribution in [1.82, 2.24) is 0 Å². The van der Waals surface area contributed by atoms with E-state index in [1.54, 1.807) is 0 Å². The Morgan fingerprint density at radius 2 is 1.43 bits per heavy atom. The molecule has 0 fully saturated rings. The van der Waals surface area contributed by atoms with Gasteiger partial charge in [-0.1, -0.05) is 0 Å². The Hall–Kier alpha value is -0.361. The second-order valence-corrected chi connectivity index (χ2v) is 0.238. The molecule has 0 rings (SSSR count). The Bertz CT molecular complexity index is 31.1. The van der Waals surface area contributed by atoms with E-state index in [1.165, 1.54) is 0 Å². The molecule has 0 saturated heterocycles. The van der Waals surface area contributed by atoms with E-state index in [4.69, 9.17) is 15.3 Å². The summed E-state index contributed by atoms with van der Waals surface area (Å²) in [6.07, 6.45) is 0. The molecule has 0 aliphatic carbocycles. The predicted molar refractivity (Wildman–Crippen MR) is 10.2 cm³/mol. The van der Waals surface area contributed by atoms with Crippen molar-refractivity contribution in [3.8, 4) is 0 Å². The van der Waals surface area contributed by atoms with Crippen LogP contribution in [0.25, 0.3) is 0 Å². The normalized spacial score (nSPS) is 3.43. The summed E-state index contributed by atoms with van der Waals surface area (Å²) in [6, 6.07) is 0. The molecule has 0 aliphatic rings. The van der Waals surface area contributed by atoms with Crippen LogP contribution in [0.1, 0.15) is 0 Å². The van der Waals surface area contributed by atoms with Crippen molar-refractivity contribution in [2.24, 2.45) is 0 Å². The van der Waals surface area contributed by atoms with E-state index in [0.717, 1.165) is 0 Å². The Morgan fingerprint density at radius 1 is 1.43 bits per heavy atom. The summed E-state index contributed by atoms with van der Waals surface area (Å²) < 4.78 is 0. The molecule has 0 atom stereocenters. The van der Waals surface area contributed by atoms with Crippen molar-refractivity contribution in [2.45, 2.75) is 0 Å². The second-order valence-electron chi connectivity index (χ2n) is 0.238. The first kappa shape index (κ1) is 30.3. The Kier molecular flexibility index (Phi) is 75.4. The molecule has 0 bridgehead atoms. The Labute approximate surface area is 49.3 Å². The first-order valence-electron chi connectivity index (χ1n) is 0.565. The summed E-state index contributed by atoms with van der Waals surface area (Å²) >= 11 is 0. The summed E-state index contributed by atoms with van der Waals surface area (Å²) in [4.78, 5) is 8.36. The zero-order valence-corrected chi connectivity index (χ0v) is 4.09. The first-order chi connectivity index (χ1) is 1.73. The summed E-state index contributed by atoms with van der Waals surface area (Å²) in [5, 5.41) is 13.6. The SMILES string of the molecule is O=[N+]([O-])O.[Mn].[O-2].[O-2]. The van der Waals surface area contributed by atoms with Gasteiger partial charge in [-0.25, -0.2) is 0 Å². The number of hydrogen-bond acceptors (Lipinski definition) is 2. The molecular formula is HMnNO5-4. The van der Waals surface area contributed by atoms with Crippen molar-refractivity contribution in [3.05, 3.63) is 10.1 Å². The van der Waals surface area contributed by atoms with E-state index < -0.39 is 5.09 Å². The van der Waals surface area contributed by atoms with Gasteiger partial charge >= 0.3 is 0 Å². The van der Waals surface area contributed by atoms with Crippen LogP contribution in [0.3, 0.4) is 0 Å². The van der Waals surface area contributed by atoms with Crippen LogP contribution >= 0.6 is 0 Å². The molecule has 1 radical (unpaired) electrons. The van der Waals surface area contributed by atoms with Gasteiger partial charge < -0.3 is 16.2 Å². The van der Waals surface area contributed by atoms with E-state index in [9.17, 15) is 0 Å². The minimum absolute atomic E-state index is 0. The molecule has 0 aromatic carbocycles. The van der Waals surface area contributed by atoms with Crippen molar-refractivity contribution >= 4 is 0 Å². The van der Waals surface area contributed by atoms with Crippen LogP contribution in [0, 0.1) is 10.1 Å². The third kappa shape index (κ3) is 575. The molecule has 0 aliphatic heterocycles. The van der Waals surface area contributed by atoms with Crippen LogP contribution in [-0.2, 0) is 28.0 Å². The van der Waals surface area contributed by atoms with Gasteiger partial charge in [-0.2, -0.15) is 0 Å². The molecule has 7 heteroatoms. The summed E-state index contributed by atoms with van der Waals surface area (Å²) in [5.41, 5.74) is 0. The molecule has 0 spiro atoms. The van der Waals surface area contributed by atoms with E-state index in [-0.39, 0.29) is 28.0 Å². The topological polar surface area (TPSA) is 120 Å². The molecule has 0 aromatic rings. The van der Waals surface area contributed by atoms with Crippen LogP contribution in [0.2, 0.25) is 0 Å². The molecule has 0 amide bonds. The molecule has 6 nitrogen and oxygen atoms in total. The standard InChI is InChI=1S/Mn.HNO3.2O/c;2-1(3)4;;/h;(H,2,3,4);;/q;;2*-2. The zero-order chi connectivity index (χ0) is 3.58. The third-order valence-electron chi connectivity index (χ3n) is 0. The molecule has 1 N–H and O–H groups in total. The summed E-state index contributed by atoms with van der Waals surface area (Å²) in [7, 11) is 0. The first-order valence-corrected chi connectivity index (χ1v) is 0.565. The van der Waals surface area contributed by atoms with Gasteiger partial charge in [-0.3, -0.25) is 0 Å². The smallest absolute Gasteiger partial charge is 0.291 e. The Morgan fingerprint density at radius 3 is 1.43 bits per heavy atom. The maximum Gasteiger partial charge on any atom is 0.291 e. The average Bonchev–Trinajstić information content (AvgIpc) is 0.811. The number of nitrogens with zero attached hydrogens (tertiary/aromatic N) is 1. The third-order valence-corrected chi connectivity index (χ3v) is 0. The van der Waals surface area contributed by atoms with Gasteiger partial charge in [-0.15, -0.1) is 10.1 Å². The van der Waals surface area contributed by atoms with Crippen LogP contribution in [-0.4, -0.2) is 10.3 Å². The monoisotopic (exact) mass is 150 g/mol. The van der Waals surface area contributed by atoms with E-state index >= 15 is 0 Å². The minimum Gasteiger partial charge on any atom is -2.00 e. The fraction of sp³-hybridized carbons (Fsp3) is 0. The van der Waals surface area contributed by atoms with E-state index in [1.807, 2.05) is 0 Å². The fourth-order valence-electron chi connectivity index (χ4n) is 0. The predicted octanol–water partition coefficient (Wildman–Crippen LogP) is -0.588. The average molecular weight is 150 g/mol. The molecule has 0 saturated carbocycles. The largest absolute Gasteiger partial charge is 2.00 e. The molecule has 7 heavy (non-hydrogen) atoms. The van der Waals surface area contributed by atoms with Gasteiger partial charge in [0.25, 0.3) is 5.09 Å². The van der Waals surface area contributed by atoms with E-state index in [2.05, 4.69) is 0 Å². The van der Waals surface area contributed by atoms with Crippen molar-refractivity contribution in [2.75, 3.05) is 0 Å². The molecule has 47 valence electrons. The van der Waals surface area contributed by atoms with E-state index in [0.29, 0.717) is 0 Å². The summed E-state index contributed by atoms with van der Waals surface area (Å²) in [6.45, 7) is 0. The number of hydrogen-bond donors (Lipinski definition) is 1. The van der Waals surface area contributed by atoms with Crippen molar-refractivity contribution in [1.29, 1.82) is 0 Å². The molecule has 0 heterocycles. The molecule has 0 aromatic heterocycles. The number of rotatable bonds is 0. The van der Waals surface area contributed by atoms with Gasteiger partial charge in [0, 0.05) is 17.1 Å². The quantitative estimate of drug-likeness (QED) is 0.282. The van der Waals surface area contributed by atoms with Crippen LogP contribution in [0.15, 0.2) is 0 Å². The van der Waals surface area contributed by atoms with Gasteiger partial charge in [0.1, 0.15) is 0 Å². The van der Waals surface area contributed by atoms with Crippen LogP contribution < -0.4 is 0 Å². The Balaban J connectivity index is -0.0000000150. The van der Waals surface area contributed by atoms with Crippen molar-refractivity contribution < 1.29 is 38.3 Å². The summed E-state index contributed by atoms with van der Waals surface area (Å²) in [5.74, 6) is 0. The minimum atomic E-state index is -1.50. The second kappa shape index (κ2) is 17.4. The zero-order valence-electron chi connectivity index (χ0n) is 2.91. The van der Waals surface area contributed by atoms with Gasteiger partial charge in [0.15, 0.2) is 0 Å². The fourth-order valence-corrected chi connectivity index (χ4v) is 0. The molecular weight excluding hydrogens is 149 g/mol. The van der Waals surface area contributed by atoms with Gasteiger partial charge in [0.2, 0.25) is 0 Å². The van der Waals surface area contributed by atoms with Crippen LogP contribution in [0.5, 0.6) is 0 Å². The van der Waals surface area contributed by atoms with Crippen LogP contribution in [0.4, 0.5) is 0 Å². The maximum absolute atomic E-state index is 8.36. The van der Waals surface area contributed by atoms with Gasteiger partial charge in [0.05, 0.1) is 0 Å². The maximum atomic E-state index is 8.36. The van der Waals surface area contributed by atoms with Gasteiger partial charge in [-0.05, 0) is 0 Å². The van der Waals surface area contributed by atoms with Crippen molar-refractivity contribution in [3.63, 3.8) is 0 Å². The molecule has 0 unspecified atom stereocenters.